The van der Waals surface area contributed by atoms with Crippen LogP contribution in [0.3, 0.4) is 0 Å². The molecule has 0 saturated heterocycles. The quantitative estimate of drug-likeness (QED) is 0.617. The van der Waals surface area contributed by atoms with E-state index in [-0.39, 0.29) is 11.1 Å². The molecule has 1 aliphatic rings. The van der Waals surface area contributed by atoms with Gasteiger partial charge in [0, 0.05) is 12.0 Å². The smallest absolute Gasteiger partial charge is 0.290 e. The topological polar surface area (TPSA) is 26.0 Å². The molecule has 1 atom stereocenters. The minimum Gasteiger partial charge on any atom is -0.290 e. The zero-order valence-electron chi connectivity index (χ0n) is 6.73. The maximum atomic E-state index is 13.4. The Bertz CT molecular complexity index is 346. The van der Waals surface area contributed by atoms with Crippen LogP contribution >= 0.6 is 0 Å². The number of hydrogen-bond acceptors (Lipinski definition) is 1. The SMILES string of the molecule is NC1(F)c2ccccc2CC1(F)F. The van der Waals surface area contributed by atoms with Crippen LogP contribution in [0.5, 0.6) is 0 Å². The van der Waals surface area contributed by atoms with Crippen molar-refractivity contribution in [2.75, 3.05) is 0 Å². The van der Waals surface area contributed by atoms with E-state index < -0.39 is 18.1 Å². The molecule has 0 saturated carbocycles. The first-order valence-corrected chi connectivity index (χ1v) is 3.89. The average molecular weight is 187 g/mol. The Morgan fingerprint density at radius 2 is 1.77 bits per heavy atom. The summed E-state index contributed by atoms with van der Waals surface area (Å²) in [5.41, 5.74) is 5.14. The molecule has 13 heavy (non-hydrogen) atoms. The summed E-state index contributed by atoms with van der Waals surface area (Å²) in [5, 5.41) is 0. The average Bonchev–Trinajstić information content (AvgIpc) is 2.20. The van der Waals surface area contributed by atoms with Crippen molar-refractivity contribution in [3.63, 3.8) is 0 Å². The highest BCUT2D eigenvalue weighted by atomic mass is 19.3. The molecule has 1 unspecified atom stereocenters. The van der Waals surface area contributed by atoms with Gasteiger partial charge in [-0.2, -0.15) is 0 Å². The van der Waals surface area contributed by atoms with E-state index in [4.69, 9.17) is 5.73 Å². The van der Waals surface area contributed by atoms with Gasteiger partial charge in [-0.3, -0.25) is 5.73 Å². The monoisotopic (exact) mass is 187 g/mol. The Balaban J connectivity index is 2.60. The second-order valence-corrected chi connectivity index (χ2v) is 3.25. The van der Waals surface area contributed by atoms with E-state index in [1.165, 1.54) is 18.2 Å². The van der Waals surface area contributed by atoms with Crippen molar-refractivity contribution in [3.8, 4) is 0 Å². The fraction of sp³-hybridized carbons (Fsp3) is 0.333. The van der Waals surface area contributed by atoms with E-state index in [0.717, 1.165) is 0 Å². The zero-order valence-corrected chi connectivity index (χ0v) is 6.73. The number of benzene rings is 1. The van der Waals surface area contributed by atoms with E-state index >= 15 is 0 Å². The standard InChI is InChI=1S/C9H8F3N/c10-8(11)5-6-3-1-2-4-7(6)9(8,12)13/h1-4H,5,13H2. The van der Waals surface area contributed by atoms with Gasteiger partial charge in [-0.15, -0.1) is 0 Å². The zero-order chi connectivity index (χ0) is 9.69. The molecule has 2 rings (SSSR count). The lowest BCUT2D eigenvalue weighted by Gasteiger charge is -2.22. The van der Waals surface area contributed by atoms with E-state index in [1.807, 2.05) is 0 Å². The molecule has 4 heteroatoms. The Kier molecular flexibility index (Phi) is 1.49. The molecule has 0 heterocycles. The van der Waals surface area contributed by atoms with Gasteiger partial charge < -0.3 is 0 Å². The van der Waals surface area contributed by atoms with Crippen LogP contribution in [0.25, 0.3) is 0 Å². The summed E-state index contributed by atoms with van der Waals surface area (Å²) in [6, 6.07) is 5.87. The van der Waals surface area contributed by atoms with Crippen LogP contribution in [-0.2, 0) is 12.2 Å². The number of nitrogens with two attached hydrogens (primary N) is 1. The molecule has 0 bridgehead atoms. The Hall–Kier alpha value is -1.03. The van der Waals surface area contributed by atoms with Gasteiger partial charge in [0.2, 0.25) is 5.79 Å². The largest absolute Gasteiger partial charge is 0.302 e. The van der Waals surface area contributed by atoms with Crippen LogP contribution < -0.4 is 5.73 Å². The van der Waals surface area contributed by atoms with Gasteiger partial charge in [0.25, 0.3) is 0 Å². The van der Waals surface area contributed by atoms with Crippen molar-refractivity contribution in [2.45, 2.75) is 18.1 Å². The van der Waals surface area contributed by atoms with E-state index in [9.17, 15) is 13.2 Å². The minimum atomic E-state index is -3.49. The van der Waals surface area contributed by atoms with Crippen molar-refractivity contribution >= 4 is 0 Å². The molecule has 0 amide bonds. The third-order valence-corrected chi connectivity index (χ3v) is 2.35. The Labute approximate surface area is 73.4 Å². The summed E-state index contributed by atoms with van der Waals surface area (Å²) in [4.78, 5) is 0. The number of rotatable bonds is 0. The minimum absolute atomic E-state index is 0.0972. The third-order valence-electron chi connectivity index (χ3n) is 2.35. The summed E-state index contributed by atoms with van der Waals surface area (Å²) in [5.74, 6) is -6.50. The van der Waals surface area contributed by atoms with Gasteiger partial charge >= 0.3 is 5.92 Å². The Morgan fingerprint density at radius 3 is 2.38 bits per heavy atom. The van der Waals surface area contributed by atoms with Crippen LogP contribution in [-0.4, -0.2) is 5.92 Å². The van der Waals surface area contributed by atoms with Crippen LogP contribution in [0.15, 0.2) is 24.3 Å². The summed E-state index contributed by atoms with van der Waals surface area (Å²) in [6.45, 7) is 0. The predicted molar refractivity (Wildman–Crippen MR) is 42.1 cm³/mol. The molecule has 70 valence electrons. The van der Waals surface area contributed by atoms with Gasteiger partial charge in [-0.1, -0.05) is 24.3 Å². The van der Waals surface area contributed by atoms with Crippen LogP contribution in [0.2, 0.25) is 0 Å². The summed E-state index contributed by atoms with van der Waals surface area (Å²) >= 11 is 0. The fourth-order valence-corrected chi connectivity index (χ4v) is 1.59. The van der Waals surface area contributed by atoms with Crippen LogP contribution in [0.1, 0.15) is 11.1 Å². The number of alkyl halides is 3. The maximum absolute atomic E-state index is 13.4. The van der Waals surface area contributed by atoms with Crippen molar-refractivity contribution in [1.29, 1.82) is 0 Å². The van der Waals surface area contributed by atoms with Gasteiger partial charge in [0.15, 0.2) is 0 Å². The molecule has 2 N–H and O–H groups in total. The predicted octanol–water partition coefficient (Wildman–Crippen LogP) is 1.96. The number of halogens is 3. The molecule has 1 aliphatic carbocycles. The summed E-state index contributed by atoms with van der Waals surface area (Å²) in [7, 11) is 0. The van der Waals surface area contributed by atoms with Crippen molar-refractivity contribution in [1.82, 2.24) is 0 Å². The van der Waals surface area contributed by atoms with Gasteiger partial charge in [-0.25, -0.2) is 13.2 Å². The van der Waals surface area contributed by atoms with Gasteiger partial charge in [0.05, 0.1) is 0 Å². The molecule has 0 radical (unpaired) electrons. The highest BCUT2D eigenvalue weighted by Crippen LogP contribution is 2.46. The lowest BCUT2D eigenvalue weighted by Crippen LogP contribution is -2.45. The van der Waals surface area contributed by atoms with Crippen molar-refractivity contribution in [3.05, 3.63) is 35.4 Å². The second kappa shape index (κ2) is 2.26. The Morgan fingerprint density at radius 1 is 1.15 bits per heavy atom. The maximum Gasteiger partial charge on any atom is 0.302 e. The van der Waals surface area contributed by atoms with Crippen molar-refractivity contribution in [2.24, 2.45) is 5.73 Å². The summed E-state index contributed by atoms with van der Waals surface area (Å²) < 4.78 is 39.4. The molecule has 1 aromatic carbocycles. The van der Waals surface area contributed by atoms with E-state index in [0.29, 0.717) is 0 Å². The van der Waals surface area contributed by atoms with Crippen LogP contribution in [0.4, 0.5) is 13.2 Å². The second-order valence-electron chi connectivity index (χ2n) is 3.25. The number of fused-ring (bicyclic) bond motifs is 1. The highest BCUT2D eigenvalue weighted by molar-refractivity contribution is 5.40. The molecule has 0 aliphatic heterocycles. The van der Waals surface area contributed by atoms with Gasteiger partial charge in [-0.05, 0) is 5.56 Å². The summed E-state index contributed by atoms with van der Waals surface area (Å²) in [6.07, 6.45) is -0.615. The molecule has 0 aromatic heterocycles. The first-order valence-electron chi connectivity index (χ1n) is 3.89. The molecule has 0 spiro atoms. The van der Waals surface area contributed by atoms with Crippen LogP contribution in [0, 0.1) is 0 Å². The lowest BCUT2D eigenvalue weighted by molar-refractivity contribution is -0.126. The molecule has 1 nitrogen and oxygen atoms in total. The molecular formula is C9H8F3N. The molecule has 1 aromatic rings. The van der Waals surface area contributed by atoms with E-state index in [1.54, 1.807) is 6.07 Å². The lowest BCUT2D eigenvalue weighted by atomic mass is 10.1. The first-order chi connectivity index (χ1) is 5.95. The van der Waals surface area contributed by atoms with Gasteiger partial charge in [0.1, 0.15) is 0 Å². The van der Waals surface area contributed by atoms with E-state index in [2.05, 4.69) is 0 Å². The fourth-order valence-electron chi connectivity index (χ4n) is 1.59. The third kappa shape index (κ3) is 0.983. The molecule has 0 fully saturated rings. The molecular weight excluding hydrogens is 179 g/mol. The number of hydrogen-bond donors (Lipinski definition) is 1. The normalized spacial score (nSPS) is 30.2. The van der Waals surface area contributed by atoms with Crippen molar-refractivity contribution < 1.29 is 13.2 Å². The highest BCUT2D eigenvalue weighted by Gasteiger charge is 2.58. The first kappa shape index (κ1) is 8.56.